The van der Waals surface area contributed by atoms with Crippen molar-refractivity contribution in [2.24, 2.45) is 0 Å². The van der Waals surface area contributed by atoms with Crippen LogP contribution < -0.4 is 10.6 Å². The van der Waals surface area contributed by atoms with E-state index in [1.165, 1.54) is 4.88 Å². The number of anilines is 2. The number of halogens is 1. The molecule has 0 fully saturated rings. The van der Waals surface area contributed by atoms with Gasteiger partial charge in [-0.25, -0.2) is 0 Å². The van der Waals surface area contributed by atoms with Gasteiger partial charge in [0.05, 0.1) is 10.7 Å². The van der Waals surface area contributed by atoms with E-state index in [9.17, 15) is 0 Å². The molecule has 1 atom stereocenters. The summed E-state index contributed by atoms with van der Waals surface area (Å²) in [5.74, 6) is 0. The first-order chi connectivity index (χ1) is 8.58. The van der Waals surface area contributed by atoms with Crippen LogP contribution in [0.1, 0.15) is 11.8 Å². The summed E-state index contributed by atoms with van der Waals surface area (Å²) in [6.07, 6.45) is 1.02. The molecule has 0 aliphatic heterocycles. The van der Waals surface area contributed by atoms with Crippen LogP contribution in [0.25, 0.3) is 0 Å². The van der Waals surface area contributed by atoms with Crippen molar-refractivity contribution in [1.29, 1.82) is 0 Å². The molecule has 2 nitrogen and oxygen atoms in total. The minimum absolute atomic E-state index is 0.393. The molecule has 0 saturated carbocycles. The molecule has 4 heteroatoms. The number of likely N-dealkylation sites (N-methyl/N-ethyl adjacent to an activating group) is 1. The molecule has 0 aliphatic rings. The zero-order valence-electron chi connectivity index (χ0n) is 10.6. The van der Waals surface area contributed by atoms with Crippen LogP contribution in [0, 0.1) is 0 Å². The van der Waals surface area contributed by atoms with Gasteiger partial charge < -0.3 is 10.6 Å². The summed E-state index contributed by atoms with van der Waals surface area (Å²) in [5, 5.41) is 2.81. The van der Waals surface area contributed by atoms with Crippen LogP contribution in [0.2, 0.25) is 5.02 Å². The topological polar surface area (TPSA) is 29.3 Å². The van der Waals surface area contributed by atoms with Crippen molar-refractivity contribution in [2.45, 2.75) is 19.4 Å². The van der Waals surface area contributed by atoms with Gasteiger partial charge >= 0.3 is 0 Å². The predicted molar refractivity (Wildman–Crippen MR) is 81.8 cm³/mol. The number of hydrogen-bond acceptors (Lipinski definition) is 3. The van der Waals surface area contributed by atoms with Crippen LogP contribution in [0.5, 0.6) is 0 Å². The van der Waals surface area contributed by atoms with E-state index in [1.54, 1.807) is 17.4 Å². The Morgan fingerprint density at radius 3 is 2.78 bits per heavy atom. The molecule has 0 bridgehead atoms. The van der Waals surface area contributed by atoms with Crippen molar-refractivity contribution in [2.75, 3.05) is 17.7 Å². The van der Waals surface area contributed by atoms with Crippen LogP contribution in [0.4, 0.5) is 11.4 Å². The van der Waals surface area contributed by atoms with E-state index in [0.29, 0.717) is 16.8 Å². The predicted octanol–water partition coefficient (Wildman–Crippen LogP) is 4.05. The monoisotopic (exact) mass is 280 g/mol. The van der Waals surface area contributed by atoms with Crippen LogP contribution in [0.3, 0.4) is 0 Å². The molecular weight excluding hydrogens is 264 g/mol. The summed E-state index contributed by atoms with van der Waals surface area (Å²) < 4.78 is 0. The molecule has 1 unspecified atom stereocenters. The second kappa shape index (κ2) is 5.63. The second-order valence-corrected chi connectivity index (χ2v) is 5.89. The molecule has 18 heavy (non-hydrogen) atoms. The Morgan fingerprint density at radius 2 is 2.17 bits per heavy atom. The number of nitrogens with two attached hydrogens (primary N) is 1. The van der Waals surface area contributed by atoms with Crippen molar-refractivity contribution < 1.29 is 0 Å². The maximum Gasteiger partial charge on any atom is 0.0660 e. The minimum atomic E-state index is 0.393. The Kier molecular flexibility index (Phi) is 4.15. The van der Waals surface area contributed by atoms with Gasteiger partial charge in [0.1, 0.15) is 0 Å². The molecule has 2 rings (SSSR count). The number of nitrogens with zero attached hydrogens (tertiary/aromatic N) is 1. The summed E-state index contributed by atoms with van der Waals surface area (Å²) in [4.78, 5) is 3.59. The lowest BCUT2D eigenvalue weighted by Gasteiger charge is -2.27. The normalized spacial score (nSPS) is 12.4. The first-order valence-corrected chi connectivity index (χ1v) is 7.14. The molecule has 1 aromatic heterocycles. The van der Waals surface area contributed by atoms with E-state index >= 15 is 0 Å². The van der Waals surface area contributed by atoms with Crippen molar-refractivity contribution in [3.05, 3.63) is 45.6 Å². The molecule has 0 spiro atoms. The molecule has 0 aliphatic carbocycles. The smallest absolute Gasteiger partial charge is 0.0660 e. The van der Waals surface area contributed by atoms with Crippen LogP contribution in [0.15, 0.2) is 35.7 Å². The van der Waals surface area contributed by atoms with Gasteiger partial charge in [-0.15, -0.1) is 11.3 Å². The Labute approximate surface area is 117 Å². The SMILES string of the molecule is CC(Cc1cccs1)N(C)c1ccc(N)cc1Cl. The quantitative estimate of drug-likeness (QED) is 0.856. The average Bonchev–Trinajstić information content (AvgIpc) is 2.81. The lowest BCUT2D eigenvalue weighted by Crippen LogP contribution is -2.30. The van der Waals surface area contributed by atoms with Gasteiger partial charge in [0.15, 0.2) is 0 Å². The molecule has 2 N–H and O–H groups in total. The van der Waals surface area contributed by atoms with Gasteiger partial charge in [-0.1, -0.05) is 17.7 Å². The Morgan fingerprint density at radius 1 is 1.39 bits per heavy atom. The fourth-order valence-electron chi connectivity index (χ4n) is 1.90. The minimum Gasteiger partial charge on any atom is -0.399 e. The zero-order valence-corrected chi connectivity index (χ0v) is 12.1. The average molecular weight is 281 g/mol. The van der Waals surface area contributed by atoms with Crippen molar-refractivity contribution >= 4 is 34.3 Å². The maximum atomic E-state index is 6.23. The Hall–Kier alpha value is -1.19. The fraction of sp³-hybridized carbons (Fsp3) is 0.286. The third-order valence-corrected chi connectivity index (χ3v) is 4.29. The number of benzene rings is 1. The number of nitrogen functional groups attached to an aromatic ring is 1. The summed E-state index contributed by atoms with van der Waals surface area (Å²) in [6.45, 7) is 2.20. The molecule has 1 aromatic carbocycles. The van der Waals surface area contributed by atoms with Crippen molar-refractivity contribution in [3.63, 3.8) is 0 Å². The van der Waals surface area contributed by atoms with Crippen molar-refractivity contribution in [1.82, 2.24) is 0 Å². The molecule has 0 radical (unpaired) electrons. The van der Waals surface area contributed by atoms with Gasteiger partial charge in [-0.05, 0) is 36.6 Å². The number of hydrogen-bond donors (Lipinski definition) is 1. The highest BCUT2D eigenvalue weighted by molar-refractivity contribution is 7.09. The zero-order chi connectivity index (χ0) is 13.1. The Bertz CT molecular complexity index is 511. The first kappa shape index (κ1) is 13.2. The standard InChI is InChI=1S/C14H17ClN2S/c1-10(8-12-4-3-7-18-12)17(2)14-6-5-11(16)9-13(14)15/h3-7,9-10H,8,16H2,1-2H3. The van der Waals surface area contributed by atoms with Gasteiger partial charge in [0.25, 0.3) is 0 Å². The molecule has 96 valence electrons. The van der Waals surface area contributed by atoms with E-state index in [1.807, 2.05) is 12.1 Å². The van der Waals surface area contributed by atoms with Crippen LogP contribution >= 0.6 is 22.9 Å². The van der Waals surface area contributed by atoms with Gasteiger partial charge in [-0.3, -0.25) is 0 Å². The highest BCUT2D eigenvalue weighted by atomic mass is 35.5. The second-order valence-electron chi connectivity index (χ2n) is 4.45. The van der Waals surface area contributed by atoms with Gasteiger partial charge in [-0.2, -0.15) is 0 Å². The molecule has 2 aromatic rings. The summed E-state index contributed by atoms with van der Waals surface area (Å²) >= 11 is 8.02. The highest BCUT2D eigenvalue weighted by Crippen LogP contribution is 2.29. The van der Waals surface area contributed by atoms with Gasteiger partial charge in [0, 0.05) is 30.1 Å². The summed E-state index contributed by atoms with van der Waals surface area (Å²) in [7, 11) is 2.07. The molecule has 0 amide bonds. The van der Waals surface area contributed by atoms with Crippen molar-refractivity contribution in [3.8, 4) is 0 Å². The van der Waals surface area contributed by atoms with E-state index in [2.05, 4.69) is 36.4 Å². The summed E-state index contributed by atoms with van der Waals surface area (Å²) in [6, 6.07) is 10.3. The number of rotatable bonds is 4. The summed E-state index contributed by atoms with van der Waals surface area (Å²) in [5.41, 5.74) is 7.43. The third kappa shape index (κ3) is 2.98. The highest BCUT2D eigenvalue weighted by Gasteiger charge is 2.14. The van der Waals surface area contributed by atoms with E-state index in [0.717, 1.165) is 12.1 Å². The lowest BCUT2D eigenvalue weighted by molar-refractivity contribution is 0.688. The van der Waals surface area contributed by atoms with E-state index in [-0.39, 0.29) is 0 Å². The fourth-order valence-corrected chi connectivity index (χ4v) is 3.05. The molecule has 0 saturated heterocycles. The maximum absolute atomic E-state index is 6.23. The lowest BCUT2D eigenvalue weighted by atomic mass is 10.1. The van der Waals surface area contributed by atoms with Crippen LogP contribution in [-0.4, -0.2) is 13.1 Å². The van der Waals surface area contributed by atoms with Crippen LogP contribution in [-0.2, 0) is 6.42 Å². The first-order valence-electron chi connectivity index (χ1n) is 5.88. The number of thiophene rings is 1. The van der Waals surface area contributed by atoms with Gasteiger partial charge in [0.2, 0.25) is 0 Å². The largest absolute Gasteiger partial charge is 0.399 e. The Balaban J connectivity index is 2.12. The third-order valence-electron chi connectivity index (χ3n) is 3.09. The molecule has 1 heterocycles. The van der Waals surface area contributed by atoms with E-state index in [4.69, 9.17) is 17.3 Å². The van der Waals surface area contributed by atoms with E-state index < -0.39 is 0 Å². The molecular formula is C14H17ClN2S.